The van der Waals surface area contributed by atoms with E-state index >= 15 is 0 Å². The van der Waals surface area contributed by atoms with Crippen LogP contribution in [-0.2, 0) is 4.79 Å². The third-order valence-electron chi connectivity index (χ3n) is 3.61. The summed E-state index contributed by atoms with van der Waals surface area (Å²) in [7, 11) is 4.06. The number of carbonyl (C=O) groups excluding carboxylic acids is 1. The van der Waals surface area contributed by atoms with Gasteiger partial charge in [0.05, 0.1) is 6.54 Å². The Morgan fingerprint density at radius 2 is 1.95 bits per heavy atom. The summed E-state index contributed by atoms with van der Waals surface area (Å²) >= 11 is 0. The van der Waals surface area contributed by atoms with E-state index in [1.54, 1.807) is 12.1 Å². The molecule has 5 heteroatoms. The molecule has 1 aromatic rings. The fourth-order valence-electron chi connectivity index (χ4n) is 3.03. The van der Waals surface area contributed by atoms with Crippen molar-refractivity contribution >= 4 is 5.91 Å². The minimum absolute atomic E-state index is 0.0105. The van der Waals surface area contributed by atoms with Gasteiger partial charge in [0.25, 0.3) is 0 Å². The molecule has 0 aliphatic carbocycles. The Morgan fingerprint density at radius 1 is 1.33 bits per heavy atom. The van der Waals surface area contributed by atoms with Crippen LogP contribution < -0.4 is 5.32 Å². The molecule has 1 amide bonds. The Balaban J connectivity index is 2.15. The fraction of sp³-hybridized carbons (Fsp3) is 0.562. The molecule has 1 atom stereocenters. The lowest BCUT2D eigenvalue weighted by atomic mass is 9.91. The number of rotatable bonds is 5. The van der Waals surface area contributed by atoms with Crippen LogP contribution in [0.4, 0.5) is 4.39 Å². The second-order valence-corrected chi connectivity index (χ2v) is 6.76. The summed E-state index contributed by atoms with van der Waals surface area (Å²) in [5.41, 5.74) is 0.909. The summed E-state index contributed by atoms with van der Waals surface area (Å²) in [4.78, 5) is 16.1. The molecule has 1 fully saturated rings. The van der Waals surface area contributed by atoms with Crippen LogP contribution in [0.3, 0.4) is 0 Å². The van der Waals surface area contributed by atoms with Crippen LogP contribution in [0, 0.1) is 11.2 Å². The summed E-state index contributed by atoms with van der Waals surface area (Å²) in [5.74, 6) is -0.168. The number of amides is 1. The Labute approximate surface area is 125 Å². The molecule has 0 radical (unpaired) electrons. The van der Waals surface area contributed by atoms with E-state index in [1.165, 1.54) is 12.1 Å². The monoisotopic (exact) mass is 293 g/mol. The van der Waals surface area contributed by atoms with E-state index in [1.807, 2.05) is 19.0 Å². The highest BCUT2D eigenvalue weighted by molar-refractivity contribution is 5.81. The van der Waals surface area contributed by atoms with Crippen molar-refractivity contribution in [2.75, 3.05) is 33.7 Å². The van der Waals surface area contributed by atoms with E-state index in [0.717, 1.165) is 12.1 Å². The van der Waals surface area contributed by atoms with Gasteiger partial charge in [-0.05, 0) is 37.2 Å². The van der Waals surface area contributed by atoms with Crippen LogP contribution >= 0.6 is 0 Å². The molecule has 1 heterocycles. The molecule has 0 spiro atoms. The zero-order valence-electron chi connectivity index (χ0n) is 13.2. The van der Waals surface area contributed by atoms with E-state index in [-0.39, 0.29) is 23.3 Å². The summed E-state index contributed by atoms with van der Waals surface area (Å²) in [6, 6.07) is 6.33. The topological polar surface area (TPSA) is 35.6 Å². The third kappa shape index (κ3) is 4.02. The molecular formula is C16H24FN3O. The van der Waals surface area contributed by atoms with Crippen LogP contribution in [0.2, 0.25) is 0 Å². The molecule has 1 unspecified atom stereocenters. The van der Waals surface area contributed by atoms with E-state index in [4.69, 9.17) is 0 Å². The highest BCUT2D eigenvalue weighted by atomic mass is 19.1. The van der Waals surface area contributed by atoms with Crippen molar-refractivity contribution in [2.24, 2.45) is 5.41 Å². The molecule has 0 saturated carbocycles. The molecule has 4 nitrogen and oxygen atoms in total. The lowest BCUT2D eigenvalue weighted by Crippen LogP contribution is -2.42. The van der Waals surface area contributed by atoms with Gasteiger partial charge >= 0.3 is 0 Å². The highest BCUT2D eigenvalue weighted by Crippen LogP contribution is 2.27. The summed E-state index contributed by atoms with van der Waals surface area (Å²) in [5, 5.41) is 3.21. The maximum Gasteiger partial charge on any atom is 0.238 e. The number of nitrogens with zero attached hydrogens (tertiary/aromatic N) is 2. The smallest absolute Gasteiger partial charge is 0.238 e. The fourth-order valence-corrected chi connectivity index (χ4v) is 3.03. The van der Waals surface area contributed by atoms with Crippen molar-refractivity contribution in [1.29, 1.82) is 0 Å². The number of hydrogen-bond acceptors (Lipinski definition) is 3. The highest BCUT2D eigenvalue weighted by Gasteiger charge is 2.35. The molecule has 116 valence electrons. The van der Waals surface area contributed by atoms with E-state index in [0.29, 0.717) is 13.1 Å². The number of carbonyl (C=O) groups is 1. The molecule has 1 saturated heterocycles. The first-order valence-corrected chi connectivity index (χ1v) is 7.21. The molecule has 1 aromatic carbocycles. The Bertz CT molecular complexity index is 499. The van der Waals surface area contributed by atoms with E-state index in [9.17, 15) is 9.18 Å². The minimum atomic E-state index is -0.262. The lowest BCUT2D eigenvalue weighted by molar-refractivity contribution is -0.129. The summed E-state index contributed by atoms with van der Waals surface area (Å²) < 4.78 is 13.1. The minimum Gasteiger partial charge on any atom is -0.321 e. The summed E-state index contributed by atoms with van der Waals surface area (Å²) in [6.07, 6.45) is -0.167. The zero-order chi connectivity index (χ0) is 15.6. The van der Waals surface area contributed by atoms with Crippen molar-refractivity contribution in [3.8, 4) is 0 Å². The number of halogens is 1. The average Bonchev–Trinajstić information content (AvgIpc) is 2.70. The van der Waals surface area contributed by atoms with Gasteiger partial charge in [0.2, 0.25) is 5.91 Å². The molecular weight excluding hydrogens is 269 g/mol. The Morgan fingerprint density at radius 3 is 2.52 bits per heavy atom. The second-order valence-electron chi connectivity index (χ2n) is 6.76. The van der Waals surface area contributed by atoms with E-state index < -0.39 is 0 Å². The van der Waals surface area contributed by atoms with Crippen LogP contribution in [0.15, 0.2) is 24.3 Å². The Hall–Kier alpha value is -1.46. The SMILES string of the molecule is CN(C)CC(C)(C)CN1C(=O)CNC1c1ccc(F)cc1. The van der Waals surface area contributed by atoms with Crippen molar-refractivity contribution in [1.82, 2.24) is 15.1 Å². The van der Waals surface area contributed by atoms with Crippen molar-refractivity contribution in [3.63, 3.8) is 0 Å². The van der Waals surface area contributed by atoms with Gasteiger partial charge in [-0.2, -0.15) is 0 Å². The second kappa shape index (κ2) is 6.12. The normalized spacial score (nSPS) is 19.6. The lowest BCUT2D eigenvalue weighted by Gasteiger charge is -2.35. The van der Waals surface area contributed by atoms with Crippen LogP contribution in [0.25, 0.3) is 0 Å². The molecule has 2 rings (SSSR count). The number of nitrogens with one attached hydrogen (secondary N) is 1. The quantitative estimate of drug-likeness (QED) is 0.900. The van der Waals surface area contributed by atoms with Crippen molar-refractivity contribution < 1.29 is 9.18 Å². The number of benzene rings is 1. The van der Waals surface area contributed by atoms with Gasteiger partial charge in [-0.3, -0.25) is 10.1 Å². The van der Waals surface area contributed by atoms with Crippen LogP contribution in [0.1, 0.15) is 25.6 Å². The van der Waals surface area contributed by atoms with Crippen molar-refractivity contribution in [2.45, 2.75) is 20.0 Å². The predicted molar refractivity (Wildman–Crippen MR) is 81.2 cm³/mol. The Kier molecular flexibility index (Phi) is 4.64. The van der Waals surface area contributed by atoms with Gasteiger partial charge < -0.3 is 9.80 Å². The first-order chi connectivity index (χ1) is 9.78. The first kappa shape index (κ1) is 15.9. The molecule has 1 N–H and O–H groups in total. The first-order valence-electron chi connectivity index (χ1n) is 7.21. The maximum absolute atomic E-state index is 13.1. The van der Waals surface area contributed by atoms with Crippen LogP contribution in [-0.4, -0.2) is 49.4 Å². The average molecular weight is 293 g/mol. The molecule has 21 heavy (non-hydrogen) atoms. The molecule has 0 aromatic heterocycles. The van der Waals surface area contributed by atoms with Gasteiger partial charge in [0.1, 0.15) is 12.0 Å². The largest absolute Gasteiger partial charge is 0.321 e. The van der Waals surface area contributed by atoms with Crippen molar-refractivity contribution in [3.05, 3.63) is 35.6 Å². The van der Waals surface area contributed by atoms with Gasteiger partial charge in [-0.1, -0.05) is 26.0 Å². The summed E-state index contributed by atoms with van der Waals surface area (Å²) in [6.45, 7) is 6.20. The van der Waals surface area contributed by atoms with E-state index in [2.05, 4.69) is 24.1 Å². The molecule has 1 aliphatic heterocycles. The van der Waals surface area contributed by atoms with Gasteiger partial charge in [0.15, 0.2) is 0 Å². The van der Waals surface area contributed by atoms with Gasteiger partial charge in [-0.25, -0.2) is 4.39 Å². The zero-order valence-corrected chi connectivity index (χ0v) is 13.2. The molecule has 0 bridgehead atoms. The van der Waals surface area contributed by atoms with Gasteiger partial charge in [0, 0.05) is 13.1 Å². The maximum atomic E-state index is 13.1. The molecule has 1 aliphatic rings. The van der Waals surface area contributed by atoms with Crippen LogP contribution in [0.5, 0.6) is 0 Å². The third-order valence-corrected chi connectivity index (χ3v) is 3.61. The van der Waals surface area contributed by atoms with Gasteiger partial charge in [-0.15, -0.1) is 0 Å². The number of hydrogen-bond donors (Lipinski definition) is 1. The standard InChI is InChI=1S/C16H24FN3O/c1-16(2,10-19(3)4)11-20-14(21)9-18-15(20)12-5-7-13(17)8-6-12/h5-8,15,18H,9-11H2,1-4H3. The predicted octanol–water partition coefficient (Wildman–Crippen LogP) is 1.84.